The predicted octanol–water partition coefficient (Wildman–Crippen LogP) is 2.47. The third kappa shape index (κ3) is 2.94. The van der Waals surface area contributed by atoms with E-state index in [0.29, 0.717) is 13.1 Å². The average Bonchev–Trinajstić information content (AvgIpc) is 2.25. The maximum Gasteiger partial charge on any atom is 0.0443 e. The van der Waals surface area contributed by atoms with Crippen molar-refractivity contribution in [1.29, 1.82) is 0 Å². The number of hydrogen-bond donors (Lipinski definition) is 1. The number of rotatable bonds is 4. The molecule has 0 bridgehead atoms. The van der Waals surface area contributed by atoms with Crippen molar-refractivity contribution in [2.75, 3.05) is 6.54 Å². The van der Waals surface area contributed by atoms with Crippen molar-refractivity contribution in [1.82, 2.24) is 0 Å². The highest BCUT2D eigenvalue weighted by atomic mass is 15.1. The topological polar surface area (TPSA) is 74.8 Å². The minimum Gasteiger partial charge on any atom is -0.326 e. The lowest BCUT2D eigenvalue weighted by atomic mass is 10.1. The first-order valence-corrected chi connectivity index (χ1v) is 4.34. The van der Waals surface area contributed by atoms with Crippen LogP contribution in [0.2, 0.25) is 0 Å². The van der Waals surface area contributed by atoms with Gasteiger partial charge in [0.15, 0.2) is 0 Å². The standard InChI is InChI=1S/C10H12N4/c11-8-10-5-2-1-4-9(10)6-3-7-13-14-12/h1-6H,7-8,11H2. The molecule has 0 aromatic heterocycles. The van der Waals surface area contributed by atoms with Gasteiger partial charge < -0.3 is 5.73 Å². The van der Waals surface area contributed by atoms with Crippen LogP contribution in [0.15, 0.2) is 35.5 Å². The first-order chi connectivity index (χ1) is 6.88. The van der Waals surface area contributed by atoms with E-state index in [1.807, 2.05) is 36.4 Å². The summed E-state index contributed by atoms with van der Waals surface area (Å²) in [7, 11) is 0. The van der Waals surface area contributed by atoms with Crippen molar-refractivity contribution in [2.24, 2.45) is 10.8 Å². The molecule has 4 heteroatoms. The molecule has 0 saturated heterocycles. The lowest BCUT2D eigenvalue weighted by Gasteiger charge is -2.00. The number of nitrogens with two attached hydrogens (primary N) is 1. The smallest absolute Gasteiger partial charge is 0.0443 e. The van der Waals surface area contributed by atoms with Gasteiger partial charge in [-0.2, -0.15) is 0 Å². The summed E-state index contributed by atoms with van der Waals surface area (Å²) in [6.45, 7) is 0.886. The van der Waals surface area contributed by atoms with Gasteiger partial charge in [0, 0.05) is 18.0 Å². The summed E-state index contributed by atoms with van der Waals surface area (Å²) in [5, 5.41) is 3.40. The van der Waals surface area contributed by atoms with Gasteiger partial charge in [0.1, 0.15) is 0 Å². The fourth-order valence-corrected chi connectivity index (χ4v) is 1.15. The normalized spacial score (nSPS) is 10.1. The highest BCUT2D eigenvalue weighted by Gasteiger charge is 1.93. The minimum atomic E-state index is 0.370. The maximum absolute atomic E-state index is 8.07. The van der Waals surface area contributed by atoms with Gasteiger partial charge >= 0.3 is 0 Å². The zero-order valence-electron chi connectivity index (χ0n) is 7.80. The Morgan fingerprint density at radius 1 is 1.43 bits per heavy atom. The summed E-state index contributed by atoms with van der Waals surface area (Å²) in [6, 6.07) is 7.86. The van der Waals surface area contributed by atoms with E-state index in [9.17, 15) is 0 Å². The molecule has 14 heavy (non-hydrogen) atoms. The molecule has 1 aromatic rings. The third-order valence-electron chi connectivity index (χ3n) is 1.82. The lowest BCUT2D eigenvalue weighted by molar-refractivity contribution is 1.07. The number of benzene rings is 1. The summed E-state index contributed by atoms with van der Waals surface area (Å²) in [4.78, 5) is 2.66. The lowest BCUT2D eigenvalue weighted by Crippen LogP contribution is -1.98. The van der Waals surface area contributed by atoms with Crippen LogP contribution in [0.4, 0.5) is 0 Å². The molecule has 0 unspecified atom stereocenters. The Morgan fingerprint density at radius 2 is 2.21 bits per heavy atom. The molecule has 0 aliphatic carbocycles. The molecule has 0 saturated carbocycles. The largest absolute Gasteiger partial charge is 0.326 e. The molecule has 4 nitrogen and oxygen atoms in total. The van der Waals surface area contributed by atoms with Crippen LogP contribution in [0.1, 0.15) is 11.1 Å². The monoisotopic (exact) mass is 188 g/mol. The van der Waals surface area contributed by atoms with E-state index >= 15 is 0 Å². The van der Waals surface area contributed by atoms with Crippen molar-refractivity contribution >= 4 is 6.08 Å². The Bertz CT molecular complexity index is 364. The highest BCUT2D eigenvalue weighted by Crippen LogP contribution is 2.09. The Kier molecular flexibility index (Phi) is 4.27. The van der Waals surface area contributed by atoms with Crippen molar-refractivity contribution in [3.05, 3.63) is 51.9 Å². The molecule has 0 fully saturated rings. The van der Waals surface area contributed by atoms with E-state index in [4.69, 9.17) is 11.3 Å². The second-order valence-corrected chi connectivity index (χ2v) is 2.72. The molecule has 1 aromatic carbocycles. The third-order valence-corrected chi connectivity index (χ3v) is 1.82. The van der Waals surface area contributed by atoms with E-state index in [0.717, 1.165) is 11.1 Å². The molecule has 0 aliphatic rings. The maximum atomic E-state index is 8.07. The van der Waals surface area contributed by atoms with Gasteiger partial charge in [-0.05, 0) is 16.7 Å². The van der Waals surface area contributed by atoms with Gasteiger partial charge in [0.2, 0.25) is 0 Å². The summed E-state index contributed by atoms with van der Waals surface area (Å²) >= 11 is 0. The Morgan fingerprint density at radius 3 is 2.93 bits per heavy atom. The van der Waals surface area contributed by atoms with E-state index < -0.39 is 0 Å². The number of nitrogens with zero attached hydrogens (tertiary/aromatic N) is 3. The van der Waals surface area contributed by atoms with E-state index in [1.54, 1.807) is 0 Å². The fraction of sp³-hybridized carbons (Fsp3) is 0.200. The zero-order chi connectivity index (χ0) is 10.2. The van der Waals surface area contributed by atoms with Crippen LogP contribution < -0.4 is 5.73 Å². The van der Waals surface area contributed by atoms with Crippen LogP contribution >= 0.6 is 0 Å². The van der Waals surface area contributed by atoms with Gasteiger partial charge in [0.25, 0.3) is 0 Å². The highest BCUT2D eigenvalue weighted by molar-refractivity contribution is 5.53. The van der Waals surface area contributed by atoms with Crippen LogP contribution in [0.25, 0.3) is 16.5 Å². The Hall–Kier alpha value is -1.77. The van der Waals surface area contributed by atoms with Gasteiger partial charge in [-0.15, -0.1) is 0 Å². The molecule has 0 amide bonds. The minimum absolute atomic E-state index is 0.370. The molecular formula is C10H12N4. The van der Waals surface area contributed by atoms with E-state index in [2.05, 4.69) is 10.0 Å². The Labute approximate surface area is 82.7 Å². The van der Waals surface area contributed by atoms with Crippen molar-refractivity contribution in [2.45, 2.75) is 6.54 Å². The van der Waals surface area contributed by atoms with Crippen molar-refractivity contribution < 1.29 is 0 Å². The SMILES string of the molecule is [N-]=[N+]=NCC=Cc1ccccc1CN. The summed E-state index contributed by atoms with van der Waals surface area (Å²) in [5.41, 5.74) is 15.8. The zero-order valence-corrected chi connectivity index (χ0v) is 7.80. The predicted molar refractivity (Wildman–Crippen MR) is 57.4 cm³/mol. The molecule has 72 valence electrons. The van der Waals surface area contributed by atoms with Gasteiger partial charge in [-0.3, -0.25) is 0 Å². The van der Waals surface area contributed by atoms with E-state index in [-0.39, 0.29) is 0 Å². The van der Waals surface area contributed by atoms with Gasteiger partial charge in [-0.25, -0.2) is 0 Å². The molecule has 2 N–H and O–H groups in total. The fourth-order valence-electron chi connectivity index (χ4n) is 1.15. The van der Waals surface area contributed by atoms with Crippen LogP contribution in [0.5, 0.6) is 0 Å². The van der Waals surface area contributed by atoms with Crippen LogP contribution in [0.3, 0.4) is 0 Å². The number of azide groups is 1. The van der Waals surface area contributed by atoms with Crippen molar-refractivity contribution in [3.8, 4) is 0 Å². The molecule has 0 aliphatic heterocycles. The molecule has 0 radical (unpaired) electrons. The second-order valence-electron chi connectivity index (χ2n) is 2.72. The van der Waals surface area contributed by atoms with E-state index in [1.165, 1.54) is 0 Å². The molecular weight excluding hydrogens is 176 g/mol. The number of hydrogen-bond acceptors (Lipinski definition) is 2. The summed E-state index contributed by atoms with van der Waals surface area (Å²) < 4.78 is 0. The summed E-state index contributed by atoms with van der Waals surface area (Å²) in [5.74, 6) is 0. The quantitative estimate of drug-likeness (QED) is 0.440. The van der Waals surface area contributed by atoms with Crippen LogP contribution in [-0.4, -0.2) is 6.54 Å². The first-order valence-electron chi connectivity index (χ1n) is 4.34. The summed E-state index contributed by atoms with van der Waals surface area (Å²) in [6.07, 6.45) is 3.73. The molecule has 1 rings (SSSR count). The van der Waals surface area contributed by atoms with Gasteiger partial charge in [0.05, 0.1) is 0 Å². The Balaban J connectivity index is 2.74. The van der Waals surface area contributed by atoms with Crippen LogP contribution in [0, 0.1) is 0 Å². The average molecular weight is 188 g/mol. The van der Waals surface area contributed by atoms with Crippen molar-refractivity contribution in [3.63, 3.8) is 0 Å². The molecule has 0 atom stereocenters. The second kappa shape index (κ2) is 5.80. The molecule has 0 heterocycles. The van der Waals surface area contributed by atoms with Crippen LogP contribution in [-0.2, 0) is 6.54 Å². The van der Waals surface area contributed by atoms with Gasteiger partial charge in [-0.1, -0.05) is 41.5 Å². The first kappa shape index (κ1) is 10.3. The molecule has 0 spiro atoms.